The number of nitrogens with one attached hydrogen (secondary N) is 1. The molecule has 0 atom stereocenters. The summed E-state index contributed by atoms with van der Waals surface area (Å²) in [7, 11) is 0. The fourth-order valence-corrected chi connectivity index (χ4v) is 4.19. The molecule has 0 aliphatic carbocycles. The molecule has 4 rings (SSSR count). The van der Waals surface area contributed by atoms with E-state index in [1.165, 1.54) is 10.8 Å². The second kappa shape index (κ2) is 9.08. The predicted molar refractivity (Wildman–Crippen MR) is 126 cm³/mol. The lowest BCUT2D eigenvalue weighted by atomic mass is 10.1. The van der Waals surface area contributed by atoms with E-state index in [0.29, 0.717) is 23.2 Å². The van der Waals surface area contributed by atoms with Crippen molar-refractivity contribution in [2.24, 2.45) is 0 Å². The molecule has 0 aliphatic rings. The third kappa shape index (κ3) is 4.87. The van der Waals surface area contributed by atoms with Gasteiger partial charge in [0.15, 0.2) is 0 Å². The summed E-state index contributed by atoms with van der Waals surface area (Å²) in [6.07, 6.45) is 0. The Balaban J connectivity index is 1.43. The summed E-state index contributed by atoms with van der Waals surface area (Å²) >= 11 is 15.8. The maximum atomic E-state index is 6.22. The summed E-state index contributed by atoms with van der Waals surface area (Å²) in [5, 5.41) is 6.99. The highest BCUT2D eigenvalue weighted by atomic mass is 79.9. The van der Waals surface area contributed by atoms with E-state index in [-0.39, 0.29) is 0 Å². The first kappa shape index (κ1) is 20.1. The van der Waals surface area contributed by atoms with Gasteiger partial charge in [-0.2, -0.15) is 0 Å². The first-order valence-corrected chi connectivity index (χ1v) is 10.7. The number of halogens is 3. The molecule has 5 heteroatoms. The predicted octanol–water partition coefficient (Wildman–Crippen LogP) is 8.10. The van der Waals surface area contributed by atoms with Crippen molar-refractivity contribution in [3.63, 3.8) is 0 Å². The van der Waals surface area contributed by atoms with Gasteiger partial charge in [-0.15, -0.1) is 0 Å². The molecule has 0 fully saturated rings. The Kier molecular flexibility index (Phi) is 6.29. The number of hydrogen-bond donors (Lipinski definition) is 1. The zero-order valence-corrected chi connectivity index (χ0v) is 18.6. The van der Waals surface area contributed by atoms with Crippen LogP contribution < -0.4 is 10.1 Å². The summed E-state index contributed by atoms with van der Waals surface area (Å²) in [5.74, 6) is 0.811. The van der Waals surface area contributed by atoms with Crippen LogP contribution in [0.2, 0.25) is 10.0 Å². The minimum absolute atomic E-state index is 0.512. The van der Waals surface area contributed by atoms with E-state index in [4.69, 9.17) is 27.9 Å². The maximum absolute atomic E-state index is 6.22. The van der Waals surface area contributed by atoms with Gasteiger partial charge in [0.1, 0.15) is 12.4 Å². The van der Waals surface area contributed by atoms with Gasteiger partial charge >= 0.3 is 0 Å². The SMILES string of the molecule is Clc1ccc(NCc2ccc(OCc3cccc4ccccc34)c(Br)c2)c(Cl)c1. The number of hydrogen-bond acceptors (Lipinski definition) is 2. The van der Waals surface area contributed by atoms with Gasteiger partial charge in [0.25, 0.3) is 0 Å². The Labute approximate surface area is 188 Å². The molecule has 0 saturated carbocycles. The monoisotopic (exact) mass is 485 g/mol. The lowest BCUT2D eigenvalue weighted by molar-refractivity contribution is 0.305. The number of fused-ring (bicyclic) bond motifs is 1. The van der Waals surface area contributed by atoms with Crippen LogP contribution >= 0.6 is 39.1 Å². The zero-order valence-electron chi connectivity index (χ0n) is 15.5. The van der Waals surface area contributed by atoms with Gasteiger partial charge in [0, 0.05) is 11.6 Å². The maximum Gasteiger partial charge on any atom is 0.134 e. The number of rotatable bonds is 6. The van der Waals surface area contributed by atoms with E-state index in [2.05, 4.69) is 63.7 Å². The number of benzene rings is 4. The zero-order chi connectivity index (χ0) is 20.2. The van der Waals surface area contributed by atoms with Crippen LogP contribution in [0.1, 0.15) is 11.1 Å². The van der Waals surface area contributed by atoms with Crippen molar-refractivity contribution in [2.75, 3.05) is 5.32 Å². The molecular weight excluding hydrogens is 469 g/mol. The molecule has 0 aromatic heterocycles. The molecule has 0 unspecified atom stereocenters. The Morgan fingerprint density at radius 3 is 2.52 bits per heavy atom. The van der Waals surface area contributed by atoms with Crippen molar-refractivity contribution >= 4 is 55.6 Å². The Bertz CT molecular complexity index is 1160. The molecule has 0 amide bonds. The van der Waals surface area contributed by atoms with Crippen LogP contribution in [-0.4, -0.2) is 0 Å². The van der Waals surface area contributed by atoms with Crippen molar-refractivity contribution < 1.29 is 4.74 Å². The van der Waals surface area contributed by atoms with E-state index in [1.54, 1.807) is 6.07 Å². The lowest BCUT2D eigenvalue weighted by Crippen LogP contribution is -2.01. The van der Waals surface area contributed by atoms with Crippen LogP contribution in [0.5, 0.6) is 5.75 Å². The lowest BCUT2D eigenvalue weighted by Gasteiger charge is -2.13. The van der Waals surface area contributed by atoms with Gasteiger partial charge in [-0.05, 0) is 68.2 Å². The van der Waals surface area contributed by atoms with E-state index in [0.717, 1.165) is 27.0 Å². The molecule has 0 radical (unpaired) electrons. The molecule has 4 aromatic rings. The first-order chi connectivity index (χ1) is 14.1. The van der Waals surface area contributed by atoms with Gasteiger partial charge in [0.05, 0.1) is 15.2 Å². The van der Waals surface area contributed by atoms with Gasteiger partial charge < -0.3 is 10.1 Å². The van der Waals surface area contributed by atoms with Crippen LogP contribution in [0.25, 0.3) is 10.8 Å². The fourth-order valence-electron chi connectivity index (χ4n) is 3.18. The highest BCUT2D eigenvalue weighted by molar-refractivity contribution is 9.10. The fraction of sp³-hybridized carbons (Fsp3) is 0.0833. The van der Waals surface area contributed by atoms with Crippen LogP contribution in [0.3, 0.4) is 0 Å². The normalized spacial score (nSPS) is 10.9. The van der Waals surface area contributed by atoms with Crippen molar-refractivity contribution in [1.82, 2.24) is 0 Å². The minimum Gasteiger partial charge on any atom is -0.488 e. The second-order valence-electron chi connectivity index (χ2n) is 6.67. The van der Waals surface area contributed by atoms with Gasteiger partial charge in [-0.3, -0.25) is 0 Å². The molecule has 29 heavy (non-hydrogen) atoms. The largest absolute Gasteiger partial charge is 0.488 e. The van der Waals surface area contributed by atoms with E-state index < -0.39 is 0 Å². The third-order valence-electron chi connectivity index (χ3n) is 4.67. The molecule has 0 aliphatic heterocycles. The average Bonchev–Trinajstić information content (AvgIpc) is 2.72. The smallest absolute Gasteiger partial charge is 0.134 e. The van der Waals surface area contributed by atoms with Gasteiger partial charge in [0.2, 0.25) is 0 Å². The molecule has 0 saturated heterocycles. The molecule has 0 heterocycles. The van der Waals surface area contributed by atoms with Crippen molar-refractivity contribution in [1.29, 1.82) is 0 Å². The van der Waals surface area contributed by atoms with E-state index in [9.17, 15) is 0 Å². The summed E-state index contributed by atoms with van der Waals surface area (Å²) in [4.78, 5) is 0. The number of anilines is 1. The van der Waals surface area contributed by atoms with Gasteiger partial charge in [-0.25, -0.2) is 0 Å². The highest BCUT2D eigenvalue weighted by Crippen LogP contribution is 2.29. The van der Waals surface area contributed by atoms with E-state index in [1.807, 2.05) is 30.3 Å². The number of ether oxygens (including phenoxy) is 1. The third-order valence-corrected chi connectivity index (χ3v) is 5.84. The van der Waals surface area contributed by atoms with Crippen LogP contribution in [0.15, 0.2) is 83.3 Å². The van der Waals surface area contributed by atoms with E-state index >= 15 is 0 Å². The van der Waals surface area contributed by atoms with Crippen molar-refractivity contribution in [3.8, 4) is 5.75 Å². The quantitative estimate of drug-likeness (QED) is 0.297. The summed E-state index contributed by atoms with van der Waals surface area (Å²) in [5.41, 5.74) is 3.13. The average molecular weight is 487 g/mol. The molecule has 1 N–H and O–H groups in total. The van der Waals surface area contributed by atoms with Crippen molar-refractivity contribution in [3.05, 3.63) is 105 Å². The Morgan fingerprint density at radius 1 is 0.862 bits per heavy atom. The topological polar surface area (TPSA) is 21.3 Å². The summed E-state index contributed by atoms with van der Waals surface area (Å²) in [6.45, 7) is 1.15. The van der Waals surface area contributed by atoms with Gasteiger partial charge in [-0.1, -0.05) is 71.7 Å². The first-order valence-electron chi connectivity index (χ1n) is 9.17. The molecule has 0 bridgehead atoms. The van der Waals surface area contributed by atoms with Crippen LogP contribution in [0.4, 0.5) is 5.69 Å². The molecule has 2 nitrogen and oxygen atoms in total. The Morgan fingerprint density at radius 2 is 1.69 bits per heavy atom. The van der Waals surface area contributed by atoms with Crippen molar-refractivity contribution in [2.45, 2.75) is 13.2 Å². The second-order valence-corrected chi connectivity index (χ2v) is 8.37. The molecular formula is C24H18BrCl2NO. The Hall–Kier alpha value is -2.20. The molecule has 146 valence electrons. The van der Waals surface area contributed by atoms with Crippen LogP contribution in [0, 0.1) is 0 Å². The van der Waals surface area contributed by atoms with Crippen LogP contribution in [-0.2, 0) is 13.2 Å². The molecule has 4 aromatic carbocycles. The summed E-state index contributed by atoms with van der Waals surface area (Å²) in [6, 6.07) is 26.1. The summed E-state index contributed by atoms with van der Waals surface area (Å²) < 4.78 is 6.99. The standard InChI is InChI=1S/C24H18BrCl2NO/c25-21-12-16(14-28-23-10-9-19(26)13-22(23)27)8-11-24(21)29-15-18-6-3-5-17-4-1-2-7-20(17)18/h1-13,28H,14-15H2. The minimum atomic E-state index is 0.512. The molecule has 0 spiro atoms. The highest BCUT2D eigenvalue weighted by Gasteiger charge is 2.07.